The molecule has 1 unspecified atom stereocenters. The van der Waals surface area contributed by atoms with Crippen LogP contribution in [0.15, 0.2) is 17.2 Å². The van der Waals surface area contributed by atoms with E-state index >= 15 is 0 Å². The third-order valence-corrected chi connectivity index (χ3v) is 4.14. The summed E-state index contributed by atoms with van der Waals surface area (Å²) in [4.78, 5) is 24.6. The maximum atomic E-state index is 12.5. The summed E-state index contributed by atoms with van der Waals surface area (Å²) in [5, 5.41) is 3.47. The zero-order valence-corrected chi connectivity index (χ0v) is 14.7. The van der Waals surface area contributed by atoms with Gasteiger partial charge in [-0.1, -0.05) is 19.8 Å². The molecule has 1 N–H and O–H groups in total. The van der Waals surface area contributed by atoms with Gasteiger partial charge in [-0.3, -0.25) is 4.79 Å². The van der Waals surface area contributed by atoms with Gasteiger partial charge < -0.3 is 19.4 Å². The van der Waals surface area contributed by atoms with Crippen LogP contribution in [0.5, 0.6) is 5.75 Å². The highest BCUT2D eigenvalue weighted by Crippen LogP contribution is 2.13. The van der Waals surface area contributed by atoms with Crippen molar-refractivity contribution in [2.45, 2.75) is 58.5 Å². The Labute approximate surface area is 143 Å². The van der Waals surface area contributed by atoms with E-state index in [0.29, 0.717) is 19.2 Å². The van der Waals surface area contributed by atoms with E-state index in [9.17, 15) is 9.59 Å². The molecule has 6 nitrogen and oxygen atoms in total. The van der Waals surface area contributed by atoms with Crippen molar-refractivity contribution in [3.63, 3.8) is 0 Å². The maximum absolute atomic E-state index is 12.5. The van der Waals surface area contributed by atoms with Crippen LogP contribution in [-0.4, -0.2) is 36.3 Å². The van der Waals surface area contributed by atoms with E-state index in [1.165, 1.54) is 12.8 Å². The molecule has 0 radical (unpaired) electrons. The quantitative estimate of drug-likeness (QED) is 0.583. The molecule has 0 aliphatic carbocycles. The van der Waals surface area contributed by atoms with E-state index in [1.54, 1.807) is 19.3 Å². The number of carbonyl (C=O) groups is 1. The molecule has 0 aromatic carbocycles. The Morgan fingerprint density at radius 3 is 2.83 bits per heavy atom. The lowest BCUT2D eigenvalue weighted by molar-refractivity contribution is 0.0523. The van der Waals surface area contributed by atoms with E-state index in [1.807, 2.05) is 4.57 Å². The Balaban J connectivity index is 2.24. The number of nitrogens with one attached hydrogen (secondary N) is 1. The van der Waals surface area contributed by atoms with Gasteiger partial charge in [-0.25, -0.2) is 4.79 Å². The average molecular weight is 336 g/mol. The van der Waals surface area contributed by atoms with E-state index in [2.05, 4.69) is 12.2 Å². The molecule has 1 fully saturated rings. The molecule has 24 heavy (non-hydrogen) atoms. The second-order valence-electron chi connectivity index (χ2n) is 6.13. The molecule has 6 heteroatoms. The fraction of sp³-hybridized carbons (Fsp3) is 0.667. The Kier molecular flexibility index (Phi) is 7.31. The van der Waals surface area contributed by atoms with Crippen molar-refractivity contribution >= 4 is 5.97 Å². The summed E-state index contributed by atoms with van der Waals surface area (Å²) in [5.41, 5.74) is -0.348. The van der Waals surface area contributed by atoms with Crippen LogP contribution in [0.3, 0.4) is 0 Å². The topological polar surface area (TPSA) is 69.6 Å². The highest BCUT2D eigenvalue weighted by molar-refractivity contribution is 5.89. The standard InChI is InChI=1S/C18H28N2O4/c1-3-5-10-24-16-13-20(11-14-8-6-7-9-19-14)12-15(17(16)21)18(22)23-4-2/h12-14,19H,3-11H2,1-2H3. The van der Waals surface area contributed by atoms with Crippen LogP contribution in [0, 0.1) is 0 Å². The van der Waals surface area contributed by atoms with Crippen molar-refractivity contribution in [3.8, 4) is 5.75 Å². The average Bonchev–Trinajstić information content (AvgIpc) is 2.58. The lowest BCUT2D eigenvalue weighted by Gasteiger charge is -2.25. The monoisotopic (exact) mass is 336 g/mol. The minimum absolute atomic E-state index is 0.0432. The Hall–Kier alpha value is -1.82. The number of esters is 1. The highest BCUT2D eigenvalue weighted by Gasteiger charge is 2.19. The largest absolute Gasteiger partial charge is 0.488 e. The summed E-state index contributed by atoms with van der Waals surface area (Å²) in [6, 6.07) is 0.347. The third-order valence-electron chi connectivity index (χ3n) is 4.14. The number of aromatic nitrogens is 1. The van der Waals surface area contributed by atoms with Crippen molar-refractivity contribution in [1.82, 2.24) is 9.88 Å². The predicted molar refractivity (Wildman–Crippen MR) is 92.7 cm³/mol. The van der Waals surface area contributed by atoms with Crippen molar-refractivity contribution in [1.29, 1.82) is 0 Å². The second kappa shape index (κ2) is 9.47. The molecular weight excluding hydrogens is 308 g/mol. The number of nitrogens with zero attached hydrogens (tertiary/aromatic N) is 1. The van der Waals surface area contributed by atoms with Gasteiger partial charge >= 0.3 is 5.97 Å². The first-order chi connectivity index (χ1) is 11.7. The molecular formula is C18H28N2O4. The molecule has 0 spiro atoms. The minimum atomic E-state index is -0.589. The van der Waals surface area contributed by atoms with E-state index in [4.69, 9.17) is 9.47 Å². The smallest absolute Gasteiger partial charge is 0.343 e. The van der Waals surface area contributed by atoms with Crippen molar-refractivity contribution in [2.75, 3.05) is 19.8 Å². The molecule has 1 aromatic heterocycles. The molecule has 2 rings (SSSR count). The Morgan fingerprint density at radius 1 is 1.33 bits per heavy atom. The van der Waals surface area contributed by atoms with Gasteiger partial charge in [-0.05, 0) is 32.7 Å². The van der Waals surface area contributed by atoms with Gasteiger partial charge in [0.1, 0.15) is 5.56 Å². The number of unbranched alkanes of at least 4 members (excludes halogenated alkanes) is 1. The molecule has 0 bridgehead atoms. The van der Waals surface area contributed by atoms with Crippen molar-refractivity contribution in [3.05, 3.63) is 28.2 Å². The SMILES string of the molecule is CCCCOc1cn(CC2CCCCN2)cc(C(=O)OCC)c1=O. The van der Waals surface area contributed by atoms with Crippen molar-refractivity contribution in [2.24, 2.45) is 0 Å². The zero-order valence-electron chi connectivity index (χ0n) is 14.7. The molecule has 1 aliphatic heterocycles. The number of ether oxygens (including phenoxy) is 2. The van der Waals surface area contributed by atoms with Crippen LogP contribution in [-0.2, 0) is 11.3 Å². The highest BCUT2D eigenvalue weighted by atomic mass is 16.5. The molecule has 1 saturated heterocycles. The lowest BCUT2D eigenvalue weighted by Crippen LogP contribution is -2.37. The molecule has 134 valence electrons. The maximum Gasteiger partial charge on any atom is 0.343 e. The van der Waals surface area contributed by atoms with Crippen LogP contribution in [0.2, 0.25) is 0 Å². The summed E-state index contributed by atoms with van der Waals surface area (Å²) in [5.74, 6) is -0.362. The summed E-state index contributed by atoms with van der Waals surface area (Å²) in [6.45, 7) is 6.21. The molecule has 0 amide bonds. The first-order valence-corrected chi connectivity index (χ1v) is 8.93. The summed E-state index contributed by atoms with van der Waals surface area (Å²) in [7, 11) is 0. The van der Waals surface area contributed by atoms with Gasteiger partial charge in [0.25, 0.3) is 0 Å². The van der Waals surface area contributed by atoms with Gasteiger partial charge in [0, 0.05) is 18.8 Å². The van der Waals surface area contributed by atoms with Gasteiger partial charge in [-0.15, -0.1) is 0 Å². The van der Waals surface area contributed by atoms with Gasteiger partial charge in [0.05, 0.1) is 19.4 Å². The number of pyridine rings is 1. The molecule has 1 aromatic rings. The van der Waals surface area contributed by atoms with E-state index in [-0.39, 0.29) is 17.9 Å². The summed E-state index contributed by atoms with van der Waals surface area (Å²) < 4.78 is 12.5. The first kappa shape index (κ1) is 18.5. The first-order valence-electron chi connectivity index (χ1n) is 8.93. The summed E-state index contributed by atoms with van der Waals surface area (Å²) in [6.07, 6.45) is 8.63. The fourth-order valence-electron chi connectivity index (χ4n) is 2.83. The molecule has 0 saturated carbocycles. The van der Waals surface area contributed by atoms with E-state index in [0.717, 1.165) is 25.8 Å². The predicted octanol–water partition coefficient (Wildman–Crippen LogP) is 2.35. The van der Waals surface area contributed by atoms with Crippen LogP contribution in [0.25, 0.3) is 0 Å². The summed E-state index contributed by atoms with van der Waals surface area (Å²) >= 11 is 0. The molecule has 1 atom stereocenters. The number of rotatable bonds is 8. The number of hydrogen-bond donors (Lipinski definition) is 1. The number of carbonyl (C=O) groups excluding carboxylic acids is 1. The number of piperidine rings is 1. The van der Waals surface area contributed by atoms with Crippen molar-refractivity contribution < 1.29 is 14.3 Å². The third kappa shape index (κ3) is 5.09. The fourth-order valence-corrected chi connectivity index (χ4v) is 2.83. The molecule has 2 heterocycles. The van der Waals surface area contributed by atoms with Crippen LogP contribution in [0.4, 0.5) is 0 Å². The van der Waals surface area contributed by atoms with Crippen LogP contribution in [0.1, 0.15) is 56.3 Å². The van der Waals surface area contributed by atoms with Gasteiger partial charge in [0.2, 0.25) is 5.43 Å². The Morgan fingerprint density at radius 2 is 2.17 bits per heavy atom. The zero-order chi connectivity index (χ0) is 17.4. The van der Waals surface area contributed by atoms with Gasteiger partial charge in [0.15, 0.2) is 5.75 Å². The van der Waals surface area contributed by atoms with E-state index < -0.39 is 11.4 Å². The Bertz CT molecular complexity index is 591. The lowest BCUT2D eigenvalue weighted by atomic mass is 10.0. The second-order valence-corrected chi connectivity index (χ2v) is 6.13. The van der Waals surface area contributed by atoms with Gasteiger partial charge in [-0.2, -0.15) is 0 Å². The van der Waals surface area contributed by atoms with Crippen LogP contribution < -0.4 is 15.5 Å². The normalized spacial score (nSPS) is 17.5. The number of hydrogen-bond acceptors (Lipinski definition) is 5. The minimum Gasteiger partial charge on any atom is -0.488 e. The van der Waals surface area contributed by atoms with Crippen LogP contribution >= 0.6 is 0 Å². The molecule has 1 aliphatic rings.